The molecule has 5 nitrogen and oxygen atoms in total. The van der Waals surface area contributed by atoms with Crippen LogP contribution >= 0.6 is 11.3 Å². The SMILES string of the molecule is Cc1csc(CN)c1S(=O)(=O)NCCCN(C)C. The molecular formula is C11H21N3O2S2. The molecule has 104 valence electrons. The zero-order valence-corrected chi connectivity index (χ0v) is 12.7. The van der Waals surface area contributed by atoms with E-state index in [0.29, 0.717) is 16.3 Å². The summed E-state index contributed by atoms with van der Waals surface area (Å²) in [6.07, 6.45) is 0.785. The third kappa shape index (κ3) is 4.03. The molecule has 0 aliphatic rings. The summed E-state index contributed by atoms with van der Waals surface area (Å²) in [4.78, 5) is 3.10. The van der Waals surface area contributed by atoms with E-state index in [1.165, 1.54) is 11.3 Å². The van der Waals surface area contributed by atoms with E-state index in [9.17, 15) is 8.42 Å². The van der Waals surface area contributed by atoms with Gasteiger partial charge in [0.25, 0.3) is 0 Å². The van der Waals surface area contributed by atoms with Crippen LogP contribution in [0.5, 0.6) is 0 Å². The highest BCUT2D eigenvalue weighted by Crippen LogP contribution is 2.26. The van der Waals surface area contributed by atoms with E-state index in [0.717, 1.165) is 18.5 Å². The van der Waals surface area contributed by atoms with Crippen LogP contribution in [0.3, 0.4) is 0 Å². The average molecular weight is 291 g/mol. The maximum atomic E-state index is 12.2. The van der Waals surface area contributed by atoms with Crippen molar-refractivity contribution < 1.29 is 8.42 Å². The maximum Gasteiger partial charge on any atom is 0.241 e. The van der Waals surface area contributed by atoms with Crippen molar-refractivity contribution in [2.45, 2.75) is 24.8 Å². The smallest absolute Gasteiger partial charge is 0.241 e. The van der Waals surface area contributed by atoms with Crippen LogP contribution < -0.4 is 10.5 Å². The van der Waals surface area contributed by atoms with E-state index in [1.54, 1.807) is 6.92 Å². The first-order valence-electron chi connectivity index (χ1n) is 5.80. The van der Waals surface area contributed by atoms with Crippen LogP contribution in [0.1, 0.15) is 16.9 Å². The highest BCUT2D eigenvalue weighted by Gasteiger charge is 2.21. The molecule has 0 aliphatic carbocycles. The number of rotatable bonds is 7. The molecule has 1 aromatic heterocycles. The monoisotopic (exact) mass is 291 g/mol. The number of hydrogen-bond donors (Lipinski definition) is 2. The topological polar surface area (TPSA) is 75.4 Å². The molecule has 1 aromatic rings. The van der Waals surface area contributed by atoms with Gasteiger partial charge in [0.2, 0.25) is 10.0 Å². The Bertz CT molecular complexity index is 480. The highest BCUT2D eigenvalue weighted by atomic mass is 32.2. The summed E-state index contributed by atoms with van der Waals surface area (Å²) >= 11 is 1.39. The van der Waals surface area contributed by atoms with Crippen LogP contribution in [0.2, 0.25) is 0 Å². The van der Waals surface area contributed by atoms with Gasteiger partial charge in [0.15, 0.2) is 0 Å². The van der Waals surface area contributed by atoms with Crippen molar-refractivity contribution in [1.82, 2.24) is 9.62 Å². The minimum atomic E-state index is -3.43. The van der Waals surface area contributed by atoms with Crippen LogP contribution in [0.4, 0.5) is 0 Å². The van der Waals surface area contributed by atoms with E-state index < -0.39 is 10.0 Å². The Morgan fingerprint density at radius 3 is 2.67 bits per heavy atom. The molecule has 3 N–H and O–H groups in total. The van der Waals surface area contributed by atoms with Gasteiger partial charge in [-0.3, -0.25) is 0 Å². The van der Waals surface area contributed by atoms with Crippen molar-refractivity contribution >= 4 is 21.4 Å². The van der Waals surface area contributed by atoms with E-state index >= 15 is 0 Å². The van der Waals surface area contributed by atoms with Crippen LogP contribution in [-0.2, 0) is 16.6 Å². The molecule has 18 heavy (non-hydrogen) atoms. The van der Waals surface area contributed by atoms with E-state index in [2.05, 4.69) is 4.72 Å². The van der Waals surface area contributed by atoms with Crippen LogP contribution in [0.15, 0.2) is 10.3 Å². The Labute approximate surface area is 113 Å². The number of nitrogens with zero attached hydrogens (tertiary/aromatic N) is 1. The molecule has 0 fully saturated rings. The number of hydrogen-bond acceptors (Lipinski definition) is 5. The standard InChI is InChI=1S/C11H21N3O2S2/c1-9-8-17-10(7-12)11(9)18(15,16)13-5-4-6-14(2)3/h8,13H,4-7,12H2,1-3H3. The zero-order chi connectivity index (χ0) is 13.8. The summed E-state index contributed by atoms with van der Waals surface area (Å²) in [5, 5.41) is 1.83. The second-order valence-electron chi connectivity index (χ2n) is 4.43. The third-order valence-corrected chi connectivity index (χ3v) is 5.46. The molecule has 7 heteroatoms. The average Bonchev–Trinajstić information content (AvgIpc) is 2.66. The number of sulfonamides is 1. The molecule has 1 heterocycles. The molecule has 0 aromatic carbocycles. The minimum absolute atomic E-state index is 0.256. The van der Waals surface area contributed by atoms with Crippen molar-refractivity contribution in [3.63, 3.8) is 0 Å². The molecule has 0 radical (unpaired) electrons. The number of thiophene rings is 1. The molecule has 0 aliphatic heterocycles. The number of aryl methyl sites for hydroxylation is 1. The van der Waals surface area contributed by atoms with Gasteiger partial charge in [0.1, 0.15) is 4.90 Å². The lowest BCUT2D eigenvalue weighted by Gasteiger charge is -2.11. The molecular weight excluding hydrogens is 270 g/mol. The van der Waals surface area contributed by atoms with Gasteiger partial charge in [-0.25, -0.2) is 13.1 Å². The minimum Gasteiger partial charge on any atom is -0.326 e. The normalized spacial score (nSPS) is 12.3. The molecule has 0 saturated heterocycles. The van der Waals surface area contributed by atoms with Crippen LogP contribution in [0.25, 0.3) is 0 Å². The van der Waals surface area contributed by atoms with E-state index in [-0.39, 0.29) is 6.54 Å². The Balaban J connectivity index is 2.71. The molecule has 1 rings (SSSR count). The highest BCUT2D eigenvalue weighted by molar-refractivity contribution is 7.89. The number of nitrogens with two attached hydrogens (primary N) is 1. The maximum absolute atomic E-state index is 12.2. The van der Waals surface area contributed by atoms with Gasteiger partial charge < -0.3 is 10.6 Å². The van der Waals surface area contributed by atoms with Crippen molar-refractivity contribution in [2.75, 3.05) is 27.2 Å². The van der Waals surface area contributed by atoms with Gasteiger partial charge in [-0.2, -0.15) is 0 Å². The fourth-order valence-corrected chi connectivity index (χ4v) is 4.44. The van der Waals surface area contributed by atoms with Crippen molar-refractivity contribution in [1.29, 1.82) is 0 Å². The molecule has 0 amide bonds. The lowest BCUT2D eigenvalue weighted by atomic mass is 10.3. The van der Waals surface area contributed by atoms with Gasteiger partial charge in [0.05, 0.1) is 0 Å². The van der Waals surface area contributed by atoms with Gasteiger partial charge in [-0.1, -0.05) is 0 Å². The quantitative estimate of drug-likeness (QED) is 0.727. The molecule has 0 spiro atoms. The van der Waals surface area contributed by atoms with E-state index in [1.807, 2.05) is 24.4 Å². The first kappa shape index (κ1) is 15.6. The summed E-state index contributed by atoms with van der Waals surface area (Å²) in [6.45, 7) is 3.35. The predicted octanol–water partition coefficient (Wildman–Crippen LogP) is 0.745. The fraction of sp³-hybridized carbons (Fsp3) is 0.636. The Kier molecular flexibility index (Phi) is 5.74. The summed E-state index contributed by atoms with van der Waals surface area (Å²) in [7, 11) is 0.498. The predicted molar refractivity (Wildman–Crippen MR) is 75.3 cm³/mol. The van der Waals surface area contributed by atoms with Gasteiger partial charge in [-0.15, -0.1) is 11.3 Å². The number of nitrogens with one attached hydrogen (secondary N) is 1. The Hall–Kier alpha value is -0.470. The van der Waals surface area contributed by atoms with E-state index in [4.69, 9.17) is 5.73 Å². The largest absolute Gasteiger partial charge is 0.326 e. The first-order valence-corrected chi connectivity index (χ1v) is 8.16. The third-order valence-electron chi connectivity index (χ3n) is 2.52. The fourth-order valence-electron chi connectivity index (χ4n) is 1.66. The van der Waals surface area contributed by atoms with Crippen molar-refractivity contribution in [3.8, 4) is 0 Å². The first-order chi connectivity index (χ1) is 8.38. The second-order valence-corrected chi connectivity index (χ2v) is 7.10. The van der Waals surface area contributed by atoms with Gasteiger partial charge >= 0.3 is 0 Å². The summed E-state index contributed by atoms with van der Waals surface area (Å²) in [5.74, 6) is 0. The molecule has 0 bridgehead atoms. The Morgan fingerprint density at radius 2 is 2.11 bits per heavy atom. The Morgan fingerprint density at radius 1 is 1.44 bits per heavy atom. The summed E-state index contributed by atoms with van der Waals surface area (Å²) in [6, 6.07) is 0. The van der Waals surface area contributed by atoms with Gasteiger partial charge in [0, 0.05) is 18.0 Å². The van der Waals surface area contributed by atoms with Gasteiger partial charge in [-0.05, 0) is 44.9 Å². The lowest BCUT2D eigenvalue weighted by molar-refractivity contribution is 0.400. The van der Waals surface area contributed by atoms with Crippen molar-refractivity contribution in [2.24, 2.45) is 5.73 Å². The summed E-state index contributed by atoms with van der Waals surface area (Å²) < 4.78 is 27.0. The lowest BCUT2D eigenvalue weighted by Crippen LogP contribution is -2.28. The molecule has 0 atom stereocenters. The summed E-state index contributed by atoms with van der Waals surface area (Å²) in [5.41, 5.74) is 6.33. The second kappa shape index (κ2) is 6.63. The molecule has 0 unspecified atom stereocenters. The van der Waals surface area contributed by atoms with Crippen LogP contribution in [0, 0.1) is 6.92 Å². The van der Waals surface area contributed by atoms with Crippen molar-refractivity contribution in [3.05, 3.63) is 15.8 Å². The van der Waals surface area contributed by atoms with Crippen LogP contribution in [-0.4, -0.2) is 40.5 Å². The zero-order valence-electron chi connectivity index (χ0n) is 11.1. The molecule has 0 saturated carbocycles.